The SMILES string of the molecule is C[C@@H]1CN(C(=O)C2(O)CC2)CCN1C(=O)c1ccc(-c2nc3ccc(F)cc3o2)cc1. The maximum Gasteiger partial charge on any atom is 0.254 e. The van der Waals surface area contributed by atoms with Crippen molar-refractivity contribution >= 4 is 22.9 Å². The number of aliphatic hydroxyl groups is 1. The fourth-order valence-corrected chi connectivity index (χ4v) is 4.01. The lowest BCUT2D eigenvalue weighted by molar-refractivity contribution is -0.144. The van der Waals surface area contributed by atoms with Crippen LogP contribution in [-0.4, -0.2) is 63.0 Å². The second-order valence-corrected chi connectivity index (χ2v) is 8.34. The van der Waals surface area contributed by atoms with Crippen LogP contribution in [0.4, 0.5) is 4.39 Å². The molecule has 0 spiro atoms. The van der Waals surface area contributed by atoms with Crippen LogP contribution >= 0.6 is 0 Å². The summed E-state index contributed by atoms with van der Waals surface area (Å²) in [5.74, 6) is -0.374. The normalized spacial score (nSPS) is 20.2. The number of oxazole rings is 1. The fraction of sp³-hybridized carbons (Fsp3) is 0.348. The molecule has 2 heterocycles. The minimum atomic E-state index is -1.18. The molecule has 5 rings (SSSR count). The van der Waals surface area contributed by atoms with Gasteiger partial charge in [0, 0.05) is 42.9 Å². The predicted molar refractivity (Wildman–Crippen MR) is 111 cm³/mol. The van der Waals surface area contributed by atoms with Gasteiger partial charge in [0.1, 0.15) is 16.9 Å². The molecule has 0 unspecified atom stereocenters. The highest BCUT2D eigenvalue weighted by atomic mass is 19.1. The van der Waals surface area contributed by atoms with Gasteiger partial charge >= 0.3 is 0 Å². The first-order valence-electron chi connectivity index (χ1n) is 10.3. The molecule has 2 amide bonds. The van der Waals surface area contributed by atoms with Gasteiger partial charge in [0.05, 0.1) is 0 Å². The molecular weight excluding hydrogens is 401 g/mol. The fourth-order valence-electron chi connectivity index (χ4n) is 4.01. The van der Waals surface area contributed by atoms with E-state index in [4.69, 9.17) is 4.42 Å². The monoisotopic (exact) mass is 423 g/mol. The van der Waals surface area contributed by atoms with Crippen molar-refractivity contribution in [3.05, 3.63) is 53.8 Å². The van der Waals surface area contributed by atoms with E-state index in [1.165, 1.54) is 12.1 Å². The molecule has 3 aromatic rings. The standard InChI is InChI=1S/C23H22FN3O4/c1-14-13-26(22(29)23(30)8-9-23)10-11-27(14)21(28)16-4-2-15(3-5-16)20-25-18-7-6-17(24)12-19(18)31-20/h2-7,12,14,30H,8-11,13H2,1H3/t14-/m1/s1. The van der Waals surface area contributed by atoms with Crippen molar-refractivity contribution in [1.29, 1.82) is 0 Å². The minimum absolute atomic E-state index is 0.115. The molecule has 1 saturated heterocycles. The number of nitrogens with zero attached hydrogens (tertiary/aromatic N) is 3. The van der Waals surface area contributed by atoms with E-state index >= 15 is 0 Å². The molecule has 0 radical (unpaired) electrons. The summed E-state index contributed by atoms with van der Waals surface area (Å²) in [6.07, 6.45) is 1.03. The van der Waals surface area contributed by atoms with E-state index in [-0.39, 0.29) is 17.9 Å². The van der Waals surface area contributed by atoms with Crippen LogP contribution in [0.5, 0.6) is 0 Å². The zero-order valence-corrected chi connectivity index (χ0v) is 17.0. The highest BCUT2D eigenvalue weighted by molar-refractivity contribution is 5.95. The van der Waals surface area contributed by atoms with Crippen molar-refractivity contribution in [2.45, 2.75) is 31.4 Å². The van der Waals surface area contributed by atoms with Crippen molar-refractivity contribution in [2.24, 2.45) is 0 Å². The van der Waals surface area contributed by atoms with Crippen LogP contribution in [0.3, 0.4) is 0 Å². The summed E-state index contributed by atoms with van der Waals surface area (Å²) < 4.78 is 19.0. The Morgan fingerprint density at radius 2 is 1.90 bits per heavy atom. The summed E-state index contributed by atoms with van der Waals surface area (Å²) >= 11 is 0. The first-order chi connectivity index (χ1) is 14.8. The number of hydrogen-bond acceptors (Lipinski definition) is 5. The molecule has 1 N–H and O–H groups in total. The Morgan fingerprint density at radius 3 is 2.58 bits per heavy atom. The van der Waals surface area contributed by atoms with E-state index in [0.29, 0.717) is 60.6 Å². The number of hydrogen-bond donors (Lipinski definition) is 1. The molecule has 0 bridgehead atoms. The quantitative estimate of drug-likeness (QED) is 0.700. The summed E-state index contributed by atoms with van der Waals surface area (Å²) in [7, 11) is 0. The van der Waals surface area contributed by atoms with E-state index in [2.05, 4.69) is 4.98 Å². The van der Waals surface area contributed by atoms with E-state index in [0.717, 1.165) is 0 Å². The summed E-state index contributed by atoms with van der Waals surface area (Å²) in [5, 5.41) is 10.1. The summed E-state index contributed by atoms with van der Waals surface area (Å²) in [6.45, 7) is 3.14. The molecule has 31 heavy (non-hydrogen) atoms. The van der Waals surface area contributed by atoms with Gasteiger partial charge in [-0.2, -0.15) is 0 Å². The van der Waals surface area contributed by atoms with Gasteiger partial charge in [-0.15, -0.1) is 0 Å². The first-order valence-corrected chi connectivity index (χ1v) is 10.3. The average Bonchev–Trinajstić information content (AvgIpc) is 3.38. The molecule has 8 heteroatoms. The van der Waals surface area contributed by atoms with Gasteiger partial charge in [-0.05, 0) is 56.2 Å². The lowest BCUT2D eigenvalue weighted by atomic mass is 10.1. The Labute approximate surface area is 178 Å². The van der Waals surface area contributed by atoms with Gasteiger partial charge in [-0.3, -0.25) is 9.59 Å². The van der Waals surface area contributed by atoms with Crippen molar-refractivity contribution in [2.75, 3.05) is 19.6 Å². The second kappa shape index (κ2) is 7.16. The molecule has 1 aliphatic heterocycles. The van der Waals surface area contributed by atoms with Gasteiger partial charge < -0.3 is 19.3 Å². The smallest absolute Gasteiger partial charge is 0.254 e. The Kier molecular flexibility index (Phi) is 4.55. The van der Waals surface area contributed by atoms with Gasteiger partial charge in [-0.1, -0.05) is 0 Å². The van der Waals surface area contributed by atoms with Crippen LogP contribution in [0.1, 0.15) is 30.1 Å². The van der Waals surface area contributed by atoms with Crippen molar-refractivity contribution in [3.8, 4) is 11.5 Å². The van der Waals surface area contributed by atoms with Crippen molar-refractivity contribution in [3.63, 3.8) is 0 Å². The first kappa shape index (κ1) is 19.7. The number of piperazine rings is 1. The molecular formula is C23H22FN3O4. The highest BCUT2D eigenvalue weighted by Crippen LogP contribution is 2.37. The van der Waals surface area contributed by atoms with Crippen LogP contribution in [-0.2, 0) is 4.79 Å². The number of benzene rings is 2. The number of fused-ring (bicyclic) bond motifs is 1. The van der Waals surface area contributed by atoms with Crippen LogP contribution in [0.25, 0.3) is 22.6 Å². The van der Waals surface area contributed by atoms with Crippen LogP contribution in [0.2, 0.25) is 0 Å². The minimum Gasteiger partial charge on any atom is -0.436 e. The number of rotatable bonds is 3. The van der Waals surface area contributed by atoms with Crippen LogP contribution in [0.15, 0.2) is 46.9 Å². The highest BCUT2D eigenvalue weighted by Gasteiger charge is 2.51. The van der Waals surface area contributed by atoms with Crippen molar-refractivity contribution < 1.29 is 23.5 Å². The molecule has 1 saturated carbocycles. The second-order valence-electron chi connectivity index (χ2n) is 8.34. The third kappa shape index (κ3) is 3.57. The lowest BCUT2D eigenvalue weighted by Crippen LogP contribution is -2.57. The van der Waals surface area contributed by atoms with E-state index < -0.39 is 11.4 Å². The van der Waals surface area contributed by atoms with E-state index in [1.807, 2.05) is 6.92 Å². The van der Waals surface area contributed by atoms with Gasteiger partial charge in [0.25, 0.3) is 11.8 Å². The van der Waals surface area contributed by atoms with E-state index in [1.54, 1.807) is 40.1 Å². The average molecular weight is 423 g/mol. The van der Waals surface area contributed by atoms with Gasteiger partial charge in [-0.25, -0.2) is 9.37 Å². The Hall–Kier alpha value is -3.26. The number of halogens is 1. The third-order valence-electron chi connectivity index (χ3n) is 6.03. The summed E-state index contributed by atoms with van der Waals surface area (Å²) in [6, 6.07) is 11.0. The van der Waals surface area contributed by atoms with E-state index in [9.17, 15) is 19.1 Å². The topological polar surface area (TPSA) is 86.9 Å². The predicted octanol–water partition coefficient (Wildman–Crippen LogP) is 2.83. The summed E-state index contributed by atoms with van der Waals surface area (Å²) in [5.41, 5.74) is 0.964. The largest absolute Gasteiger partial charge is 0.436 e. The maximum absolute atomic E-state index is 13.4. The molecule has 160 valence electrons. The van der Waals surface area contributed by atoms with Crippen LogP contribution in [0, 0.1) is 5.82 Å². The maximum atomic E-state index is 13.4. The summed E-state index contributed by atoms with van der Waals surface area (Å²) in [4.78, 5) is 33.1. The molecule has 1 aliphatic carbocycles. The molecule has 2 fully saturated rings. The Bertz CT molecular complexity index is 1170. The molecule has 7 nitrogen and oxygen atoms in total. The number of carbonyl (C=O) groups excluding carboxylic acids is 2. The van der Waals surface area contributed by atoms with Crippen molar-refractivity contribution in [1.82, 2.24) is 14.8 Å². The van der Waals surface area contributed by atoms with Gasteiger partial charge in [0.15, 0.2) is 5.58 Å². The third-order valence-corrected chi connectivity index (χ3v) is 6.03. The number of carbonyl (C=O) groups is 2. The zero-order valence-electron chi connectivity index (χ0n) is 17.0. The Morgan fingerprint density at radius 1 is 1.16 bits per heavy atom. The molecule has 2 aromatic carbocycles. The number of amides is 2. The van der Waals surface area contributed by atoms with Crippen LogP contribution < -0.4 is 0 Å². The molecule has 2 aliphatic rings. The molecule has 1 aromatic heterocycles. The molecule has 1 atom stereocenters. The van der Waals surface area contributed by atoms with Gasteiger partial charge in [0.2, 0.25) is 5.89 Å². The number of aromatic nitrogens is 1. The Balaban J connectivity index is 1.29. The zero-order chi connectivity index (χ0) is 21.8. The lowest BCUT2D eigenvalue weighted by Gasteiger charge is -2.40.